The van der Waals surface area contributed by atoms with Gasteiger partial charge in [-0.1, -0.05) is 18.2 Å². The van der Waals surface area contributed by atoms with Crippen LogP contribution in [0.3, 0.4) is 0 Å². The number of aryl methyl sites for hydroxylation is 1. The highest BCUT2D eigenvalue weighted by Crippen LogP contribution is 2.19. The predicted octanol–water partition coefficient (Wildman–Crippen LogP) is 0.783. The second-order valence-electron chi connectivity index (χ2n) is 5.44. The summed E-state index contributed by atoms with van der Waals surface area (Å²) >= 11 is 0. The second-order valence-corrected chi connectivity index (χ2v) is 7.10. The van der Waals surface area contributed by atoms with E-state index in [9.17, 15) is 13.5 Å². The quantitative estimate of drug-likeness (QED) is 0.620. The van der Waals surface area contributed by atoms with Gasteiger partial charge in [-0.2, -0.15) is 0 Å². The number of para-hydroxylation sites is 1. The maximum absolute atomic E-state index is 12.3. The molecule has 23 heavy (non-hydrogen) atoms. The van der Waals surface area contributed by atoms with Crippen molar-refractivity contribution in [3.63, 3.8) is 0 Å². The SMILES string of the molecule is Cn1cnc(S(=O)(=O)N[C@@H](CO)Cc2c[nH]c3ccccc23)c1. The van der Waals surface area contributed by atoms with Gasteiger partial charge in [0.15, 0.2) is 5.03 Å². The second kappa shape index (κ2) is 6.15. The number of nitrogens with zero attached hydrogens (tertiary/aromatic N) is 2. The van der Waals surface area contributed by atoms with E-state index in [0.717, 1.165) is 16.5 Å². The highest BCUT2D eigenvalue weighted by atomic mass is 32.2. The molecule has 0 amide bonds. The average molecular weight is 334 g/mol. The number of aromatic amines is 1. The van der Waals surface area contributed by atoms with E-state index in [0.29, 0.717) is 6.42 Å². The molecule has 1 atom stereocenters. The molecule has 0 bridgehead atoms. The summed E-state index contributed by atoms with van der Waals surface area (Å²) in [6, 6.07) is 7.14. The number of H-pyrrole nitrogens is 1. The highest BCUT2D eigenvalue weighted by Gasteiger charge is 2.22. The van der Waals surface area contributed by atoms with Gasteiger partial charge in [-0.15, -0.1) is 0 Å². The van der Waals surface area contributed by atoms with Gasteiger partial charge in [-0.05, 0) is 18.1 Å². The van der Waals surface area contributed by atoms with Gasteiger partial charge in [0.05, 0.1) is 12.9 Å². The van der Waals surface area contributed by atoms with Crippen LogP contribution in [0, 0.1) is 0 Å². The Bertz CT molecular complexity index is 914. The van der Waals surface area contributed by atoms with E-state index in [4.69, 9.17) is 0 Å². The van der Waals surface area contributed by atoms with Crippen molar-refractivity contribution >= 4 is 20.9 Å². The van der Waals surface area contributed by atoms with Gasteiger partial charge in [-0.25, -0.2) is 18.1 Å². The van der Waals surface area contributed by atoms with Crippen molar-refractivity contribution in [2.75, 3.05) is 6.61 Å². The largest absolute Gasteiger partial charge is 0.395 e. The lowest BCUT2D eigenvalue weighted by molar-refractivity contribution is 0.256. The van der Waals surface area contributed by atoms with Crippen LogP contribution in [-0.2, 0) is 23.5 Å². The van der Waals surface area contributed by atoms with Gasteiger partial charge in [-0.3, -0.25) is 0 Å². The number of aliphatic hydroxyl groups excluding tert-OH is 1. The van der Waals surface area contributed by atoms with Crippen LogP contribution >= 0.6 is 0 Å². The summed E-state index contributed by atoms with van der Waals surface area (Å²) in [7, 11) is -2.06. The molecule has 1 aromatic carbocycles. The third-order valence-corrected chi connectivity index (χ3v) is 5.05. The number of hydrogen-bond acceptors (Lipinski definition) is 4. The lowest BCUT2D eigenvalue weighted by atomic mass is 10.1. The number of aromatic nitrogens is 3. The molecule has 8 heteroatoms. The van der Waals surface area contributed by atoms with Crippen LogP contribution in [0.4, 0.5) is 0 Å². The van der Waals surface area contributed by atoms with Crippen molar-refractivity contribution < 1.29 is 13.5 Å². The van der Waals surface area contributed by atoms with Crippen molar-refractivity contribution in [2.45, 2.75) is 17.5 Å². The van der Waals surface area contributed by atoms with Gasteiger partial charge in [0.1, 0.15) is 0 Å². The van der Waals surface area contributed by atoms with Gasteiger partial charge in [0.2, 0.25) is 0 Å². The third kappa shape index (κ3) is 3.29. The highest BCUT2D eigenvalue weighted by molar-refractivity contribution is 7.89. The van der Waals surface area contributed by atoms with E-state index in [1.165, 1.54) is 12.5 Å². The Morgan fingerprint density at radius 2 is 2.17 bits per heavy atom. The van der Waals surface area contributed by atoms with Crippen LogP contribution in [0.1, 0.15) is 5.56 Å². The first kappa shape index (κ1) is 15.7. The zero-order chi connectivity index (χ0) is 16.4. The maximum atomic E-state index is 12.3. The minimum absolute atomic E-state index is 0.0580. The zero-order valence-electron chi connectivity index (χ0n) is 12.6. The maximum Gasteiger partial charge on any atom is 0.259 e. The molecule has 3 aromatic rings. The summed E-state index contributed by atoms with van der Waals surface area (Å²) in [4.78, 5) is 6.99. The fraction of sp³-hybridized carbons (Fsp3) is 0.267. The molecule has 0 fully saturated rings. The zero-order valence-corrected chi connectivity index (χ0v) is 13.4. The van der Waals surface area contributed by atoms with E-state index < -0.39 is 16.1 Å². The lowest BCUT2D eigenvalue weighted by Crippen LogP contribution is -2.39. The van der Waals surface area contributed by atoms with Crippen LogP contribution in [0.25, 0.3) is 10.9 Å². The van der Waals surface area contributed by atoms with E-state index in [1.807, 2.05) is 30.5 Å². The Hall–Kier alpha value is -2.16. The Morgan fingerprint density at radius 3 is 2.87 bits per heavy atom. The molecule has 2 heterocycles. The van der Waals surface area contributed by atoms with Crippen LogP contribution < -0.4 is 4.72 Å². The Morgan fingerprint density at radius 1 is 1.39 bits per heavy atom. The van der Waals surface area contributed by atoms with Crippen molar-refractivity contribution in [3.8, 4) is 0 Å². The summed E-state index contributed by atoms with van der Waals surface area (Å²) in [6.07, 6.45) is 5.06. The van der Waals surface area contributed by atoms with Gasteiger partial charge in [0.25, 0.3) is 10.0 Å². The van der Waals surface area contributed by atoms with Crippen molar-refractivity contribution in [1.82, 2.24) is 19.3 Å². The molecule has 7 nitrogen and oxygen atoms in total. The summed E-state index contributed by atoms with van der Waals surface area (Å²) in [5.74, 6) is 0. The molecule has 2 aromatic heterocycles. The molecular formula is C15H18N4O3S. The first-order valence-electron chi connectivity index (χ1n) is 7.16. The third-order valence-electron chi connectivity index (χ3n) is 3.64. The van der Waals surface area contributed by atoms with E-state index in [1.54, 1.807) is 11.6 Å². The molecule has 0 spiro atoms. The predicted molar refractivity (Wildman–Crippen MR) is 86.4 cm³/mol. The Balaban J connectivity index is 1.80. The van der Waals surface area contributed by atoms with Crippen molar-refractivity contribution in [3.05, 3.63) is 48.5 Å². The molecule has 0 radical (unpaired) electrons. The van der Waals surface area contributed by atoms with Gasteiger partial charge >= 0.3 is 0 Å². The summed E-state index contributed by atoms with van der Waals surface area (Å²) in [6.45, 7) is -0.300. The Kier molecular flexibility index (Phi) is 4.20. The van der Waals surface area contributed by atoms with Crippen molar-refractivity contribution in [1.29, 1.82) is 0 Å². The molecule has 0 saturated heterocycles. The van der Waals surface area contributed by atoms with E-state index in [-0.39, 0.29) is 11.6 Å². The number of benzene rings is 1. The first-order chi connectivity index (χ1) is 11.0. The summed E-state index contributed by atoms with van der Waals surface area (Å²) < 4.78 is 28.7. The number of imidazole rings is 1. The summed E-state index contributed by atoms with van der Waals surface area (Å²) in [5.41, 5.74) is 1.93. The number of sulfonamides is 1. The normalized spacial score (nSPS) is 13.5. The smallest absolute Gasteiger partial charge is 0.259 e. The minimum atomic E-state index is -3.76. The summed E-state index contributed by atoms with van der Waals surface area (Å²) in [5, 5.41) is 10.5. The molecule has 3 N–H and O–H groups in total. The average Bonchev–Trinajstić information content (AvgIpc) is 3.14. The Labute approximate surface area is 134 Å². The van der Waals surface area contributed by atoms with Crippen LogP contribution in [-0.4, -0.2) is 40.7 Å². The molecule has 0 aliphatic heterocycles. The lowest BCUT2D eigenvalue weighted by Gasteiger charge is -2.15. The minimum Gasteiger partial charge on any atom is -0.395 e. The standard InChI is InChI=1S/C15H18N4O3S/c1-19-8-15(17-10-19)23(21,22)18-12(9-20)6-11-7-16-14-5-3-2-4-13(11)14/h2-5,7-8,10,12,16,18,20H,6,9H2,1H3/t12-/m1/s1. The molecule has 0 aliphatic rings. The molecule has 0 unspecified atom stereocenters. The molecule has 3 rings (SSSR count). The first-order valence-corrected chi connectivity index (χ1v) is 8.64. The van der Waals surface area contributed by atoms with Gasteiger partial charge < -0.3 is 14.7 Å². The molecule has 0 aliphatic carbocycles. The fourth-order valence-electron chi connectivity index (χ4n) is 2.52. The van der Waals surface area contributed by atoms with Crippen LogP contribution in [0.5, 0.6) is 0 Å². The van der Waals surface area contributed by atoms with E-state index >= 15 is 0 Å². The number of hydrogen-bond donors (Lipinski definition) is 3. The number of aliphatic hydroxyl groups is 1. The number of nitrogens with one attached hydrogen (secondary N) is 2. The monoisotopic (exact) mass is 334 g/mol. The van der Waals surface area contributed by atoms with Crippen LogP contribution in [0.15, 0.2) is 48.0 Å². The van der Waals surface area contributed by atoms with E-state index in [2.05, 4.69) is 14.7 Å². The molecule has 0 saturated carbocycles. The number of rotatable bonds is 6. The molecule has 122 valence electrons. The van der Waals surface area contributed by atoms with Gasteiger partial charge in [0, 0.05) is 36.4 Å². The van der Waals surface area contributed by atoms with Crippen molar-refractivity contribution in [2.24, 2.45) is 7.05 Å². The molecular weight excluding hydrogens is 316 g/mol. The topological polar surface area (TPSA) is 100 Å². The van der Waals surface area contributed by atoms with Crippen LogP contribution in [0.2, 0.25) is 0 Å². The fourth-order valence-corrected chi connectivity index (χ4v) is 3.73. The number of fused-ring (bicyclic) bond motifs is 1.